The van der Waals surface area contributed by atoms with Gasteiger partial charge in [-0.05, 0) is 32.9 Å². The van der Waals surface area contributed by atoms with Crippen molar-refractivity contribution in [1.82, 2.24) is 15.6 Å². The average molecular weight is 311 g/mol. The molecule has 22 heavy (non-hydrogen) atoms. The number of rotatable bonds is 5. The number of methoxy groups -OCH3 is 1. The molecule has 1 heterocycles. The van der Waals surface area contributed by atoms with Crippen LogP contribution in [0.15, 0.2) is 12.1 Å². The van der Waals surface area contributed by atoms with E-state index in [0.717, 1.165) is 0 Å². The van der Waals surface area contributed by atoms with Crippen LogP contribution in [0, 0.1) is 0 Å². The Balaban J connectivity index is 2.33. The Hall–Kier alpha value is -2.51. The molecule has 0 fully saturated rings. The first-order chi connectivity index (χ1) is 10.2. The number of amides is 2. The lowest BCUT2D eigenvalue weighted by Gasteiger charge is -2.19. The molecule has 1 rings (SSSR count). The van der Waals surface area contributed by atoms with Crippen LogP contribution in [0.25, 0.3) is 0 Å². The summed E-state index contributed by atoms with van der Waals surface area (Å²) in [6.07, 6.45) is -0.547. The minimum atomic E-state index is -0.568. The number of hydrogen-bond acceptors (Lipinski definition) is 5. The molecule has 2 amide bonds. The summed E-state index contributed by atoms with van der Waals surface area (Å²) in [5.41, 5.74) is -0.140. The van der Waals surface area contributed by atoms with Crippen LogP contribution in [0.1, 0.15) is 41.7 Å². The molecule has 1 aromatic heterocycles. The third-order valence-corrected chi connectivity index (χ3v) is 2.41. The van der Waals surface area contributed by atoms with Crippen molar-refractivity contribution in [3.8, 4) is 0 Å². The van der Waals surface area contributed by atoms with Gasteiger partial charge in [0, 0.05) is 13.1 Å². The minimum absolute atomic E-state index is 0.194. The van der Waals surface area contributed by atoms with Gasteiger partial charge in [-0.3, -0.25) is 4.79 Å². The maximum absolute atomic E-state index is 11.8. The maximum Gasteiger partial charge on any atom is 0.407 e. The Morgan fingerprint density at radius 1 is 1.09 bits per heavy atom. The van der Waals surface area contributed by atoms with E-state index in [1.54, 1.807) is 20.8 Å². The molecule has 3 N–H and O–H groups in total. The molecule has 0 saturated carbocycles. The molecule has 0 atom stereocenters. The molecule has 0 aromatic carbocycles. The van der Waals surface area contributed by atoms with Gasteiger partial charge in [-0.1, -0.05) is 0 Å². The van der Waals surface area contributed by atoms with Crippen molar-refractivity contribution in [3.63, 3.8) is 0 Å². The molecule has 0 spiro atoms. The minimum Gasteiger partial charge on any atom is -0.464 e. The van der Waals surface area contributed by atoms with E-state index in [1.807, 2.05) is 0 Å². The van der Waals surface area contributed by atoms with E-state index in [0.29, 0.717) is 0 Å². The van der Waals surface area contributed by atoms with Gasteiger partial charge in [-0.2, -0.15) is 0 Å². The van der Waals surface area contributed by atoms with Gasteiger partial charge in [0.05, 0.1) is 7.11 Å². The van der Waals surface area contributed by atoms with Gasteiger partial charge in [-0.25, -0.2) is 9.59 Å². The average Bonchev–Trinajstić information content (AvgIpc) is 2.90. The van der Waals surface area contributed by atoms with E-state index in [4.69, 9.17) is 4.74 Å². The Bertz CT molecular complexity index is 545. The third-order valence-electron chi connectivity index (χ3n) is 2.41. The zero-order chi connectivity index (χ0) is 16.8. The smallest absolute Gasteiger partial charge is 0.407 e. The van der Waals surface area contributed by atoms with Gasteiger partial charge < -0.3 is 25.1 Å². The third kappa shape index (κ3) is 5.86. The normalized spacial score (nSPS) is 10.7. The first-order valence-electron chi connectivity index (χ1n) is 6.75. The fourth-order valence-electron chi connectivity index (χ4n) is 1.51. The van der Waals surface area contributed by atoms with Gasteiger partial charge in [0.1, 0.15) is 17.0 Å². The molecular weight excluding hydrogens is 290 g/mol. The SMILES string of the molecule is COC(=O)c1ccc(C(=O)NCCNC(=O)OC(C)(C)C)[nH]1. The van der Waals surface area contributed by atoms with E-state index in [9.17, 15) is 14.4 Å². The molecule has 0 radical (unpaired) electrons. The molecule has 0 aliphatic heterocycles. The summed E-state index contributed by atoms with van der Waals surface area (Å²) < 4.78 is 9.58. The number of aromatic nitrogens is 1. The summed E-state index contributed by atoms with van der Waals surface area (Å²) in [7, 11) is 1.26. The van der Waals surface area contributed by atoms with E-state index >= 15 is 0 Å². The Morgan fingerprint density at radius 3 is 2.27 bits per heavy atom. The van der Waals surface area contributed by atoms with Crippen LogP contribution in [0.4, 0.5) is 4.79 Å². The number of aromatic amines is 1. The summed E-state index contributed by atoms with van der Waals surface area (Å²) in [5.74, 6) is -0.938. The number of carbonyl (C=O) groups is 3. The van der Waals surface area contributed by atoms with Crippen LogP contribution in [0.3, 0.4) is 0 Å². The van der Waals surface area contributed by atoms with Crippen molar-refractivity contribution >= 4 is 18.0 Å². The van der Waals surface area contributed by atoms with Crippen LogP contribution < -0.4 is 10.6 Å². The molecule has 0 unspecified atom stereocenters. The Morgan fingerprint density at radius 2 is 1.68 bits per heavy atom. The van der Waals surface area contributed by atoms with Crippen LogP contribution in [-0.2, 0) is 9.47 Å². The van der Waals surface area contributed by atoms with Crippen LogP contribution in [-0.4, -0.2) is 48.8 Å². The van der Waals surface area contributed by atoms with Crippen molar-refractivity contribution < 1.29 is 23.9 Å². The summed E-state index contributed by atoms with van der Waals surface area (Å²) in [6.45, 7) is 5.74. The van der Waals surface area contributed by atoms with Gasteiger partial charge in [-0.15, -0.1) is 0 Å². The number of hydrogen-bond donors (Lipinski definition) is 3. The molecule has 0 aliphatic rings. The molecular formula is C14H21N3O5. The van der Waals surface area contributed by atoms with Crippen molar-refractivity contribution in [3.05, 3.63) is 23.5 Å². The highest BCUT2D eigenvalue weighted by Crippen LogP contribution is 2.06. The molecule has 0 bridgehead atoms. The van der Waals surface area contributed by atoms with Gasteiger partial charge in [0.15, 0.2) is 0 Å². The Labute approximate surface area is 128 Å². The fraction of sp³-hybridized carbons (Fsp3) is 0.500. The lowest BCUT2D eigenvalue weighted by molar-refractivity contribution is 0.0525. The van der Waals surface area contributed by atoms with Crippen molar-refractivity contribution in [2.24, 2.45) is 0 Å². The van der Waals surface area contributed by atoms with E-state index in [2.05, 4.69) is 20.4 Å². The number of esters is 1. The molecule has 122 valence electrons. The van der Waals surface area contributed by atoms with Crippen molar-refractivity contribution in [2.75, 3.05) is 20.2 Å². The summed E-state index contributed by atoms with van der Waals surface area (Å²) in [4.78, 5) is 37.1. The molecule has 8 heteroatoms. The predicted molar refractivity (Wildman–Crippen MR) is 78.7 cm³/mol. The highest BCUT2D eigenvalue weighted by molar-refractivity contribution is 5.95. The zero-order valence-electron chi connectivity index (χ0n) is 13.1. The largest absolute Gasteiger partial charge is 0.464 e. The topological polar surface area (TPSA) is 110 Å². The summed E-state index contributed by atoms with van der Waals surface area (Å²) in [6, 6.07) is 2.93. The first kappa shape index (κ1) is 17.5. The highest BCUT2D eigenvalue weighted by Gasteiger charge is 2.16. The second-order valence-electron chi connectivity index (χ2n) is 5.46. The van der Waals surface area contributed by atoms with E-state index < -0.39 is 17.7 Å². The maximum atomic E-state index is 11.8. The van der Waals surface area contributed by atoms with Crippen LogP contribution in [0.5, 0.6) is 0 Å². The van der Waals surface area contributed by atoms with Gasteiger partial charge in [0.2, 0.25) is 0 Å². The number of alkyl carbamates (subject to hydrolysis) is 1. The summed E-state index contributed by atoms with van der Waals surface area (Å²) >= 11 is 0. The van der Waals surface area contributed by atoms with E-state index in [-0.39, 0.29) is 30.4 Å². The number of H-pyrrole nitrogens is 1. The lowest BCUT2D eigenvalue weighted by Crippen LogP contribution is -2.37. The summed E-state index contributed by atoms with van der Waals surface area (Å²) in [5, 5.41) is 5.11. The highest BCUT2D eigenvalue weighted by atomic mass is 16.6. The number of ether oxygens (including phenoxy) is 2. The van der Waals surface area contributed by atoms with Gasteiger partial charge >= 0.3 is 12.1 Å². The Kier molecular flexibility index (Phi) is 5.97. The fourth-order valence-corrected chi connectivity index (χ4v) is 1.51. The standard InChI is InChI=1S/C14H21N3O5/c1-14(2,3)22-13(20)16-8-7-15-11(18)9-5-6-10(17-9)12(19)21-4/h5-6,17H,7-8H2,1-4H3,(H,15,18)(H,16,20). The van der Waals surface area contributed by atoms with Crippen molar-refractivity contribution in [2.45, 2.75) is 26.4 Å². The quantitative estimate of drug-likeness (QED) is 0.556. The zero-order valence-corrected chi connectivity index (χ0v) is 13.1. The molecule has 8 nitrogen and oxygen atoms in total. The number of nitrogens with one attached hydrogen (secondary N) is 3. The lowest BCUT2D eigenvalue weighted by atomic mass is 10.2. The second kappa shape index (κ2) is 7.48. The molecule has 0 aliphatic carbocycles. The van der Waals surface area contributed by atoms with Crippen molar-refractivity contribution in [1.29, 1.82) is 0 Å². The molecule has 1 aromatic rings. The predicted octanol–water partition coefficient (Wildman–Crippen LogP) is 1.06. The first-order valence-corrected chi connectivity index (χ1v) is 6.75. The monoisotopic (exact) mass is 311 g/mol. The van der Waals surface area contributed by atoms with E-state index in [1.165, 1.54) is 19.2 Å². The second-order valence-corrected chi connectivity index (χ2v) is 5.46. The van der Waals surface area contributed by atoms with Crippen LogP contribution in [0.2, 0.25) is 0 Å². The van der Waals surface area contributed by atoms with Gasteiger partial charge in [0.25, 0.3) is 5.91 Å². The van der Waals surface area contributed by atoms with Crippen LogP contribution >= 0.6 is 0 Å². The number of carbonyl (C=O) groups excluding carboxylic acids is 3. The molecule has 0 saturated heterocycles.